The second kappa shape index (κ2) is 11.2. The van der Waals surface area contributed by atoms with Crippen molar-refractivity contribution in [2.24, 2.45) is 0 Å². The van der Waals surface area contributed by atoms with E-state index in [2.05, 4.69) is 76.2 Å². The van der Waals surface area contributed by atoms with Crippen molar-refractivity contribution in [3.8, 4) is 0 Å². The molecule has 0 radical (unpaired) electrons. The van der Waals surface area contributed by atoms with Crippen LogP contribution in [0.2, 0.25) is 0 Å². The van der Waals surface area contributed by atoms with Crippen molar-refractivity contribution in [1.29, 1.82) is 0 Å². The van der Waals surface area contributed by atoms with E-state index in [0.29, 0.717) is 24.2 Å². The van der Waals surface area contributed by atoms with Crippen LogP contribution in [-0.4, -0.2) is 23.6 Å². The summed E-state index contributed by atoms with van der Waals surface area (Å²) in [7, 11) is 0. The Morgan fingerprint density at radius 3 is 1.07 bits per heavy atom. The number of aryl methyl sites for hydroxylation is 4. The monoisotopic (exact) mass is 588 g/mol. The Morgan fingerprint density at radius 2 is 0.795 bits per heavy atom. The maximum Gasteiger partial charge on any atom is 0.258 e. The van der Waals surface area contributed by atoms with Gasteiger partial charge in [-0.2, -0.15) is 0 Å². The average Bonchev–Trinajstić information content (AvgIpc) is 3.50. The molecule has 0 bridgehead atoms. The standard InChI is InChI=1S/C38H40N2O4/c1-9-25-21-29(19-23(3)35(25)39-31(41)15-16-32(39)42)37(5,6)27-11-13-28(14-12-27)38(7,8)30-20-24(4)36(26(10-2)22-30)40-33(43)17-18-34(40)44/h11-22H,9-10H2,1-8H3. The molecule has 5 rings (SSSR count). The number of hydrogen-bond donors (Lipinski definition) is 0. The molecule has 0 atom stereocenters. The van der Waals surface area contributed by atoms with Crippen LogP contribution in [0.15, 0.2) is 72.8 Å². The molecular weight excluding hydrogens is 548 g/mol. The van der Waals surface area contributed by atoms with Crippen LogP contribution in [0, 0.1) is 13.8 Å². The first-order valence-corrected chi connectivity index (χ1v) is 15.2. The molecule has 0 aromatic heterocycles. The largest absolute Gasteiger partial charge is 0.269 e. The third-order valence-corrected chi connectivity index (χ3v) is 9.36. The molecule has 44 heavy (non-hydrogen) atoms. The first-order chi connectivity index (χ1) is 20.7. The highest BCUT2D eigenvalue weighted by Gasteiger charge is 2.33. The van der Waals surface area contributed by atoms with E-state index >= 15 is 0 Å². The van der Waals surface area contributed by atoms with Gasteiger partial charge in [0.1, 0.15) is 0 Å². The van der Waals surface area contributed by atoms with E-state index in [4.69, 9.17) is 0 Å². The summed E-state index contributed by atoms with van der Waals surface area (Å²) >= 11 is 0. The van der Waals surface area contributed by atoms with Gasteiger partial charge in [0.2, 0.25) is 0 Å². The van der Waals surface area contributed by atoms with Gasteiger partial charge in [-0.1, -0.05) is 90.1 Å². The van der Waals surface area contributed by atoms with E-state index in [0.717, 1.165) is 44.5 Å². The quantitative estimate of drug-likeness (QED) is 0.267. The number of carbonyl (C=O) groups excluding carboxylic acids is 4. The van der Waals surface area contributed by atoms with E-state index in [1.54, 1.807) is 0 Å². The number of amides is 4. The molecule has 226 valence electrons. The van der Waals surface area contributed by atoms with Crippen molar-refractivity contribution in [1.82, 2.24) is 0 Å². The van der Waals surface area contributed by atoms with Crippen LogP contribution >= 0.6 is 0 Å². The second-order valence-electron chi connectivity index (χ2n) is 12.8. The lowest BCUT2D eigenvalue weighted by atomic mass is 9.73. The summed E-state index contributed by atoms with van der Waals surface area (Å²) in [5.74, 6) is -1.21. The van der Waals surface area contributed by atoms with Crippen molar-refractivity contribution in [2.45, 2.75) is 79.1 Å². The molecule has 2 aliphatic heterocycles. The number of anilines is 2. The minimum Gasteiger partial charge on any atom is -0.269 e. The fourth-order valence-corrected chi connectivity index (χ4v) is 6.48. The number of nitrogens with zero attached hydrogens (tertiary/aromatic N) is 2. The molecule has 6 heteroatoms. The van der Waals surface area contributed by atoms with Crippen molar-refractivity contribution >= 4 is 35.0 Å². The molecule has 0 saturated heterocycles. The van der Waals surface area contributed by atoms with E-state index in [-0.39, 0.29) is 34.5 Å². The van der Waals surface area contributed by atoms with Gasteiger partial charge in [-0.3, -0.25) is 19.2 Å². The lowest BCUT2D eigenvalue weighted by molar-refractivity contribution is -0.121. The van der Waals surface area contributed by atoms with Crippen LogP contribution in [0.3, 0.4) is 0 Å². The number of carbonyl (C=O) groups is 4. The SMILES string of the molecule is CCc1cc(C(C)(C)c2ccc(C(C)(C)c3cc(C)c(N4C(=O)C=CC4=O)c(CC)c3)cc2)cc(C)c1N1C(=O)C=CC1=O. The third-order valence-electron chi connectivity index (χ3n) is 9.36. The van der Waals surface area contributed by atoms with Crippen LogP contribution in [-0.2, 0) is 42.8 Å². The van der Waals surface area contributed by atoms with Gasteiger partial charge < -0.3 is 0 Å². The van der Waals surface area contributed by atoms with Crippen molar-refractivity contribution in [3.05, 3.63) is 117 Å². The molecule has 0 spiro atoms. The summed E-state index contributed by atoms with van der Waals surface area (Å²) in [6.07, 6.45) is 6.70. The molecule has 0 unspecified atom stereocenters. The van der Waals surface area contributed by atoms with Gasteiger partial charge in [0.05, 0.1) is 11.4 Å². The van der Waals surface area contributed by atoms with Gasteiger partial charge in [0.15, 0.2) is 0 Å². The molecule has 0 aliphatic carbocycles. The first kappa shape index (κ1) is 30.9. The normalized spacial score (nSPS) is 15.4. The van der Waals surface area contributed by atoms with Crippen molar-refractivity contribution < 1.29 is 19.2 Å². The molecule has 6 nitrogen and oxygen atoms in total. The van der Waals surface area contributed by atoms with E-state index in [9.17, 15) is 19.2 Å². The molecule has 3 aromatic carbocycles. The fourth-order valence-electron chi connectivity index (χ4n) is 6.48. The summed E-state index contributed by atoms with van der Waals surface area (Å²) in [5, 5.41) is 0. The molecule has 0 fully saturated rings. The van der Waals surface area contributed by atoms with Crippen LogP contribution in [0.5, 0.6) is 0 Å². The fraction of sp³-hybridized carbons (Fsp3) is 0.316. The topological polar surface area (TPSA) is 74.8 Å². The molecule has 2 aliphatic rings. The maximum absolute atomic E-state index is 12.5. The van der Waals surface area contributed by atoms with Gasteiger partial charge in [-0.05, 0) is 71.2 Å². The minimum atomic E-state index is -0.330. The van der Waals surface area contributed by atoms with Gasteiger partial charge in [0, 0.05) is 35.1 Å². The lowest BCUT2D eigenvalue weighted by Gasteiger charge is -2.32. The van der Waals surface area contributed by atoms with Gasteiger partial charge in [-0.15, -0.1) is 0 Å². The number of benzene rings is 3. The highest BCUT2D eigenvalue weighted by atomic mass is 16.2. The van der Waals surface area contributed by atoms with Crippen molar-refractivity contribution in [3.63, 3.8) is 0 Å². The Kier molecular flexibility index (Phi) is 7.83. The summed E-state index contributed by atoms with van der Waals surface area (Å²) < 4.78 is 0. The molecule has 0 N–H and O–H groups in total. The molecule has 2 heterocycles. The van der Waals surface area contributed by atoms with Crippen LogP contribution in [0.1, 0.15) is 86.1 Å². The number of imide groups is 2. The zero-order valence-electron chi connectivity index (χ0n) is 26.9. The molecule has 4 amide bonds. The summed E-state index contributed by atoms with van der Waals surface area (Å²) in [5.41, 5.74) is 8.99. The third kappa shape index (κ3) is 5.02. The predicted octanol–water partition coefficient (Wildman–Crippen LogP) is 6.94. The Morgan fingerprint density at radius 1 is 0.500 bits per heavy atom. The predicted molar refractivity (Wildman–Crippen MR) is 175 cm³/mol. The number of rotatable bonds is 8. The van der Waals surface area contributed by atoms with E-state index < -0.39 is 0 Å². The molecule has 0 saturated carbocycles. The molecular formula is C38H40N2O4. The second-order valence-corrected chi connectivity index (χ2v) is 12.8. The zero-order valence-corrected chi connectivity index (χ0v) is 26.9. The highest BCUT2D eigenvalue weighted by Crippen LogP contribution is 2.40. The Hall–Kier alpha value is -4.58. The van der Waals surface area contributed by atoms with Crippen molar-refractivity contribution in [2.75, 3.05) is 9.80 Å². The number of hydrogen-bond acceptors (Lipinski definition) is 4. The molecule has 3 aromatic rings. The smallest absolute Gasteiger partial charge is 0.258 e. The summed E-state index contributed by atoms with van der Waals surface area (Å²) in [6, 6.07) is 17.1. The summed E-state index contributed by atoms with van der Waals surface area (Å²) in [6.45, 7) is 16.8. The van der Waals surface area contributed by atoms with E-state index in [1.165, 1.54) is 34.1 Å². The maximum atomic E-state index is 12.5. The van der Waals surface area contributed by atoms with E-state index in [1.807, 2.05) is 27.7 Å². The van der Waals surface area contributed by atoms with Gasteiger partial charge in [0.25, 0.3) is 23.6 Å². The van der Waals surface area contributed by atoms with Crippen LogP contribution in [0.4, 0.5) is 11.4 Å². The lowest BCUT2D eigenvalue weighted by Crippen LogP contribution is -2.32. The minimum absolute atomic E-state index is 0.302. The Bertz CT molecular complexity index is 1610. The summed E-state index contributed by atoms with van der Waals surface area (Å²) in [4.78, 5) is 52.4. The Balaban J connectivity index is 1.47. The van der Waals surface area contributed by atoms with Gasteiger partial charge in [-0.25, -0.2) is 9.80 Å². The zero-order chi connectivity index (χ0) is 32.1. The van der Waals surface area contributed by atoms with Crippen LogP contribution < -0.4 is 9.80 Å². The van der Waals surface area contributed by atoms with Gasteiger partial charge >= 0.3 is 0 Å². The highest BCUT2D eigenvalue weighted by molar-refractivity contribution is 6.29. The first-order valence-electron chi connectivity index (χ1n) is 15.2. The Labute approximate surface area is 260 Å². The average molecular weight is 589 g/mol. The van der Waals surface area contributed by atoms with Crippen LogP contribution in [0.25, 0.3) is 0 Å².